The smallest absolute Gasteiger partial charge is 0.134 e. The fraction of sp³-hybridized carbons (Fsp3) is 0.0227. The lowest BCUT2D eigenvalue weighted by molar-refractivity contribution is 0.738. The molecule has 1 aliphatic heterocycles. The van der Waals surface area contributed by atoms with Crippen LogP contribution in [0.25, 0.3) is 71.3 Å². The molecule has 0 bridgehead atoms. The number of rotatable bonds is 1. The Labute approximate surface area is 265 Å². The van der Waals surface area contributed by atoms with E-state index in [-0.39, 0.29) is 0 Å². The van der Waals surface area contributed by atoms with E-state index in [9.17, 15) is 0 Å². The van der Waals surface area contributed by atoms with Gasteiger partial charge in [0.1, 0.15) is 11.2 Å². The van der Waals surface area contributed by atoms with E-state index >= 15 is 0 Å². The Morgan fingerprint density at radius 3 is 1.78 bits per heavy atom. The van der Waals surface area contributed by atoms with Gasteiger partial charge in [-0.05, 0) is 102 Å². The number of para-hydroxylation sites is 3. The minimum atomic E-state index is -0.503. The van der Waals surface area contributed by atoms with E-state index in [1.807, 2.05) is 0 Å². The van der Waals surface area contributed by atoms with Crippen LogP contribution >= 0.6 is 0 Å². The van der Waals surface area contributed by atoms with E-state index in [4.69, 9.17) is 4.98 Å². The molecule has 8 aromatic carbocycles. The van der Waals surface area contributed by atoms with Gasteiger partial charge in [0.15, 0.2) is 0 Å². The summed E-state index contributed by atoms with van der Waals surface area (Å²) in [5.74, 6) is 1.08. The van der Waals surface area contributed by atoms with Crippen LogP contribution in [0.5, 0.6) is 0 Å². The third-order valence-corrected chi connectivity index (χ3v) is 10.6. The predicted octanol–water partition coefficient (Wildman–Crippen LogP) is 10.8. The van der Waals surface area contributed by atoms with Crippen molar-refractivity contribution in [1.29, 1.82) is 0 Å². The molecule has 1 atom stereocenters. The second kappa shape index (κ2) is 8.59. The zero-order valence-corrected chi connectivity index (χ0v) is 24.9. The molecule has 0 N–H and O–H groups in total. The molecule has 1 aliphatic carbocycles. The van der Waals surface area contributed by atoms with Gasteiger partial charge in [-0.3, -0.25) is 4.57 Å². The normalized spacial score (nSPS) is 15.9. The van der Waals surface area contributed by atoms with Crippen molar-refractivity contribution in [2.24, 2.45) is 0 Å². The van der Waals surface area contributed by atoms with Crippen molar-refractivity contribution >= 4 is 43.4 Å². The molecule has 0 amide bonds. The highest BCUT2D eigenvalue weighted by atomic mass is 15.1. The molecule has 2 nitrogen and oxygen atoms in total. The molecular weight excluding hydrogens is 556 g/mol. The number of nitrogens with zero attached hydrogens (tertiary/aromatic N) is 2. The van der Waals surface area contributed by atoms with Gasteiger partial charge in [0, 0.05) is 0 Å². The van der Waals surface area contributed by atoms with Crippen LogP contribution in [0.2, 0.25) is 0 Å². The van der Waals surface area contributed by atoms with E-state index in [1.165, 1.54) is 76.9 Å². The SMILES string of the molecule is c1ccc2c(c1)-c1ccc(-c3ccc4c5ccccc5c5ccccc5c4c3)cc1C21c2ccccc2-n2c1nc1ccccc12. The summed E-state index contributed by atoms with van der Waals surface area (Å²) in [6.07, 6.45) is 0. The second-order valence-electron chi connectivity index (χ2n) is 12.7. The average Bonchev–Trinajstić information content (AvgIpc) is 3.75. The van der Waals surface area contributed by atoms with Gasteiger partial charge in [-0.1, -0.05) is 127 Å². The van der Waals surface area contributed by atoms with E-state index in [1.54, 1.807) is 0 Å². The highest BCUT2D eigenvalue weighted by molar-refractivity contribution is 6.25. The van der Waals surface area contributed by atoms with Gasteiger partial charge in [0.05, 0.1) is 16.7 Å². The summed E-state index contributed by atoms with van der Waals surface area (Å²) in [5.41, 5.74) is 11.8. The summed E-state index contributed by atoms with van der Waals surface area (Å²) in [4.78, 5) is 5.41. The Kier molecular flexibility index (Phi) is 4.55. The number of fused-ring (bicyclic) bond motifs is 18. The first-order chi connectivity index (χ1) is 22.8. The average molecular weight is 583 g/mol. The maximum Gasteiger partial charge on any atom is 0.134 e. The first-order valence-electron chi connectivity index (χ1n) is 16.0. The molecule has 2 heterocycles. The molecule has 1 unspecified atom stereocenters. The number of hydrogen-bond donors (Lipinski definition) is 0. The first kappa shape index (κ1) is 24.3. The zero-order valence-electron chi connectivity index (χ0n) is 24.9. The van der Waals surface area contributed by atoms with Crippen LogP contribution in [0.1, 0.15) is 22.5 Å². The number of benzene rings is 8. The van der Waals surface area contributed by atoms with Crippen molar-refractivity contribution in [3.05, 3.63) is 180 Å². The van der Waals surface area contributed by atoms with Crippen molar-refractivity contribution in [2.45, 2.75) is 5.41 Å². The second-order valence-corrected chi connectivity index (χ2v) is 12.7. The molecule has 9 aromatic rings. The van der Waals surface area contributed by atoms with Crippen LogP contribution in [0.4, 0.5) is 0 Å². The third-order valence-electron chi connectivity index (χ3n) is 10.6. The van der Waals surface area contributed by atoms with Crippen molar-refractivity contribution in [3.8, 4) is 27.9 Å². The fourth-order valence-corrected chi connectivity index (χ4v) is 8.70. The monoisotopic (exact) mass is 582 g/mol. The van der Waals surface area contributed by atoms with Gasteiger partial charge in [-0.2, -0.15) is 0 Å². The van der Waals surface area contributed by atoms with E-state index < -0.39 is 5.41 Å². The lowest BCUT2D eigenvalue weighted by atomic mass is 9.72. The molecule has 1 aromatic heterocycles. The summed E-state index contributed by atoms with van der Waals surface area (Å²) >= 11 is 0. The number of imidazole rings is 1. The van der Waals surface area contributed by atoms with Gasteiger partial charge >= 0.3 is 0 Å². The standard InChI is InChI=1S/C44H26N2/c1-2-13-31-29(11-1)30-12-3-4-14-32(30)36-25-27(21-23-33(31)36)28-22-24-35-34-15-5-6-16-37(34)44(39(35)26-28)38-17-7-9-19-41(38)46-42-20-10-8-18-40(42)45-43(44)46/h1-26H. The first-order valence-corrected chi connectivity index (χ1v) is 16.0. The minimum Gasteiger partial charge on any atom is -0.295 e. The summed E-state index contributed by atoms with van der Waals surface area (Å²) < 4.78 is 2.40. The molecule has 0 saturated carbocycles. The molecule has 0 radical (unpaired) electrons. The Bertz CT molecular complexity index is 2730. The molecule has 212 valence electrons. The van der Waals surface area contributed by atoms with Crippen LogP contribution in [0.3, 0.4) is 0 Å². The summed E-state index contributed by atoms with van der Waals surface area (Å²) in [7, 11) is 0. The van der Waals surface area contributed by atoms with Gasteiger partial charge in [0.2, 0.25) is 0 Å². The van der Waals surface area contributed by atoms with Crippen molar-refractivity contribution in [2.75, 3.05) is 0 Å². The van der Waals surface area contributed by atoms with Crippen LogP contribution in [0.15, 0.2) is 158 Å². The lowest BCUT2D eigenvalue weighted by Gasteiger charge is -2.27. The Morgan fingerprint density at radius 2 is 0.978 bits per heavy atom. The summed E-state index contributed by atoms with van der Waals surface area (Å²) in [5, 5.41) is 7.78. The minimum absolute atomic E-state index is 0.503. The molecule has 2 heteroatoms. The van der Waals surface area contributed by atoms with Crippen molar-refractivity contribution in [3.63, 3.8) is 0 Å². The van der Waals surface area contributed by atoms with Crippen LogP contribution < -0.4 is 0 Å². The molecule has 2 aliphatic rings. The molecule has 0 fully saturated rings. The van der Waals surface area contributed by atoms with Gasteiger partial charge in [-0.15, -0.1) is 0 Å². The van der Waals surface area contributed by atoms with Crippen molar-refractivity contribution < 1.29 is 0 Å². The predicted molar refractivity (Wildman–Crippen MR) is 190 cm³/mol. The number of hydrogen-bond acceptors (Lipinski definition) is 1. The molecular formula is C44H26N2. The zero-order chi connectivity index (χ0) is 30.0. The fourth-order valence-electron chi connectivity index (χ4n) is 8.70. The Balaban J connectivity index is 1.22. The maximum atomic E-state index is 5.41. The Hall–Kier alpha value is -5.99. The molecule has 1 spiro atoms. The van der Waals surface area contributed by atoms with Gasteiger partial charge in [-0.25, -0.2) is 4.98 Å². The van der Waals surface area contributed by atoms with E-state index in [0.717, 1.165) is 16.9 Å². The van der Waals surface area contributed by atoms with Crippen LogP contribution in [-0.2, 0) is 5.41 Å². The summed E-state index contributed by atoms with van der Waals surface area (Å²) in [6, 6.07) is 58.1. The van der Waals surface area contributed by atoms with E-state index in [0.29, 0.717) is 0 Å². The quantitative estimate of drug-likeness (QED) is 0.176. The third kappa shape index (κ3) is 2.86. The summed E-state index contributed by atoms with van der Waals surface area (Å²) in [6.45, 7) is 0. The highest BCUT2D eigenvalue weighted by Crippen LogP contribution is 2.60. The van der Waals surface area contributed by atoms with Gasteiger partial charge in [0.25, 0.3) is 0 Å². The van der Waals surface area contributed by atoms with Gasteiger partial charge < -0.3 is 0 Å². The number of aromatic nitrogens is 2. The Morgan fingerprint density at radius 1 is 0.413 bits per heavy atom. The largest absolute Gasteiger partial charge is 0.295 e. The molecule has 11 rings (SSSR count). The van der Waals surface area contributed by atoms with Crippen LogP contribution in [-0.4, -0.2) is 9.55 Å². The maximum absolute atomic E-state index is 5.41. The lowest BCUT2D eigenvalue weighted by Crippen LogP contribution is -2.27. The highest BCUT2D eigenvalue weighted by Gasteiger charge is 2.54. The van der Waals surface area contributed by atoms with Crippen molar-refractivity contribution in [1.82, 2.24) is 9.55 Å². The van der Waals surface area contributed by atoms with Crippen LogP contribution in [0, 0.1) is 0 Å². The topological polar surface area (TPSA) is 17.8 Å². The molecule has 0 saturated heterocycles. The molecule has 46 heavy (non-hydrogen) atoms. The van der Waals surface area contributed by atoms with E-state index in [2.05, 4.69) is 162 Å².